The second kappa shape index (κ2) is 7.79. The topological polar surface area (TPSA) is 38.3 Å². The summed E-state index contributed by atoms with van der Waals surface area (Å²) in [6.45, 7) is 3.97. The fourth-order valence-electron chi connectivity index (χ4n) is 1.34. The molecule has 1 rings (SSSR count). The van der Waals surface area contributed by atoms with Gasteiger partial charge in [0.15, 0.2) is 0 Å². The molecular weight excluding hydrogens is 221 g/mol. The smallest absolute Gasteiger partial charge is 0.338 e. The summed E-state index contributed by atoms with van der Waals surface area (Å²) in [5, 5.41) is 3.15. The van der Waals surface area contributed by atoms with Crippen LogP contribution in [0.5, 0.6) is 0 Å². The van der Waals surface area contributed by atoms with Crippen molar-refractivity contribution in [2.75, 3.05) is 19.7 Å². The summed E-state index contributed by atoms with van der Waals surface area (Å²) < 4.78 is 17.8. The molecule has 0 saturated heterocycles. The molecule has 0 amide bonds. The first kappa shape index (κ1) is 13.6. The van der Waals surface area contributed by atoms with Crippen molar-refractivity contribution >= 4 is 5.97 Å². The maximum absolute atomic E-state index is 12.8. The highest BCUT2D eigenvalue weighted by molar-refractivity contribution is 5.89. The lowest BCUT2D eigenvalue weighted by Gasteiger charge is -2.06. The Hall–Kier alpha value is -1.42. The third-order valence-corrected chi connectivity index (χ3v) is 2.28. The highest BCUT2D eigenvalue weighted by atomic mass is 19.1. The Morgan fingerprint density at radius 2 is 2.24 bits per heavy atom. The summed E-state index contributed by atoms with van der Waals surface area (Å²) >= 11 is 0. The lowest BCUT2D eigenvalue weighted by molar-refractivity contribution is 0.0508. The number of ether oxygens (including phenoxy) is 1. The van der Waals surface area contributed by atoms with Crippen molar-refractivity contribution in [3.8, 4) is 0 Å². The number of halogens is 1. The molecule has 17 heavy (non-hydrogen) atoms. The Balaban J connectivity index is 2.21. The van der Waals surface area contributed by atoms with Crippen LogP contribution >= 0.6 is 0 Å². The molecule has 0 radical (unpaired) electrons. The van der Waals surface area contributed by atoms with E-state index in [0.717, 1.165) is 19.4 Å². The summed E-state index contributed by atoms with van der Waals surface area (Å²) in [7, 11) is 0. The molecule has 94 valence electrons. The van der Waals surface area contributed by atoms with E-state index >= 15 is 0 Å². The van der Waals surface area contributed by atoms with E-state index in [9.17, 15) is 9.18 Å². The fraction of sp³-hybridized carbons (Fsp3) is 0.462. The predicted octanol–water partition coefficient (Wildman–Crippen LogP) is 2.37. The van der Waals surface area contributed by atoms with Crippen LogP contribution in [-0.2, 0) is 4.74 Å². The van der Waals surface area contributed by atoms with E-state index < -0.39 is 11.8 Å². The van der Waals surface area contributed by atoms with Crippen molar-refractivity contribution < 1.29 is 13.9 Å². The fourth-order valence-corrected chi connectivity index (χ4v) is 1.34. The van der Waals surface area contributed by atoms with E-state index in [1.165, 1.54) is 24.3 Å². The van der Waals surface area contributed by atoms with Crippen molar-refractivity contribution in [1.82, 2.24) is 5.32 Å². The van der Waals surface area contributed by atoms with Crippen LogP contribution in [0.1, 0.15) is 30.1 Å². The minimum atomic E-state index is -0.484. The zero-order chi connectivity index (χ0) is 12.5. The summed E-state index contributed by atoms with van der Waals surface area (Å²) in [6.07, 6.45) is 2.24. The van der Waals surface area contributed by atoms with Crippen molar-refractivity contribution in [1.29, 1.82) is 0 Å². The summed E-state index contributed by atoms with van der Waals surface area (Å²) in [6, 6.07) is 5.50. The quantitative estimate of drug-likeness (QED) is 0.586. The second-order valence-electron chi connectivity index (χ2n) is 3.75. The van der Waals surface area contributed by atoms with Gasteiger partial charge in [0.05, 0.1) is 5.56 Å². The molecule has 0 fully saturated rings. The van der Waals surface area contributed by atoms with Crippen LogP contribution in [-0.4, -0.2) is 25.7 Å². The molecule has 3 nitrogen and oxygen atoms in total. The van der Waals surface area contributed by atoms with Crippen molar-refractivity contribution in [2.24, 2.45) is 0 Å². The molecule has 0 spiro atoms. The lowest BCUT2D eigenvalue weighted by atomic mass is 10.2. The average molecular weight is 239 g/mol. The van der Waals surface area contributed by atoms with Crippen LogP contribution in [0.25, 0.3) is 0 Å². The predicted molar refractivity (Wildman–Crippen MR) is 64.5 cm³/mol. The molecule has 0 aliphatic heterocycles. The third-order valence-electron chi connectivity index (χ3n) is 2.28. The molecular formula is C13H18FNO2. The SMILES string of the molecule is CCCCNCCOC(=O)c1cccc(F)c1. The molecule has 0 heterocycles. The Bertz CT molecular complexity index is 355. The highest BCUT2D eigenvalue weighted by Crippen LogP contribution is 2.04. The van der Waals surface area contributed by atoms with Gasteiger partial charge in [0, 0.05) is 6.54 Å². The van der Waals surface area contributed by atoms with E-state index in [1.54, 1.807) is 0 Å². The molecule has 0 unspecified atom stereocenters. The van der Waals surface area contributed by atoms with Crippen molar-refractivity contribution in [3.63, 3.8) is 0 Å². The maximum atomic E-state index is 12.8. The normalized spacial score (nSPS) is 10.2. The zero-order valence-electron chi connectivity index (χ0n) is 10.0. The van der Waals surface area contributed by atoms with Gasteiger partial charge >= 0.3 is 5.97 Å². The Morgan fingerprint density at radius 3 is 2.94 bits per heavy atom. The molecule has 1 N–H and O–H groups in total. The number of hydrogen-bond acceptors (Lipinski definition) is 3. The van der Waals surface area contributed by atoms with E-state index in [-0.39, 0.29) is 5.56 Å². The van der Waals surface area contributed by atoms with Crippen molar-refractivity contribution in [2.45, 2.75) is 19.8 Å². The van der Waals surface area contributed by atoms with Gasteiger partial charge in [0.25, 0.3) is 0 Å². The van der Waals surface area contributed by atoms with Gasteiger partial charge in [0.2, 0.25) is 0 Å². The number of unbranched alkanes of at least 4 members (excludes halogenated alkanes) is 1. The Kier molecular flexibility index (Phi) is 6.25. The first-order chi connectivity index (χ1) is 8.24. The maximum Gasteiger partial charge on any atom is 0.338 e. The van der Waals surface area contributed by atoms with E-state index in [2.05, 4.69) is 12.2 Å². The van der Waals surface area contributed by atoms with Crippen LogP contribution in [0.15, 0.2) is 24.3 Å². The second-order valence-corrected chi connectivity index (χ2v) is 3.75. The minimum Gasteiger partial charge on any atom is -0.461 e. The van der Waals surface area contributed by atoms with Gasteiger partial charge in [-0.25, -0.2) is 9.18 Å². The Labute approximate surface area is 101 Å². The number of esters is 1. The molecule has 0 atom stereocenters. The first-order valence-electron chi connectivity index (χ1n) is 5.87. The highest BCUT2D eigenvalue weighted by Gasteiger charge is 2.06. The van der Waals surface area contributed by atoms with Gasteiger partial charge in [-0.15, -0.1) is 0 Å². The summed E-state index contributed by atoms with van der Waals surface area (Å²) in [5.74, 6) is -0.915. The molecule has 4 heteroatoms. The lowest BCUT2D eigenvalue weighted by Crippen LogP contribution is -2.22. The van der Waals surface area contributed by atoms with Crippen molar-refractivity contribution in [3.05, 3.63) is 35.6 Å². The largest absolute Gasteiger partial charge is 0.461 e. The molecule has 0 aliphatic rings. The molecule has 1 aromatic rings. The first-order valence-corrected chi connectivity index (χ1v) is 5.87. The van der Waals surface area contributed by atoms with Gasteiger partial charge in [-0.1, -0.05) is 19.4 Å². The summed E-state index contributed by atoms with van der Waals surface area (Å²) in [4.78, 5) is 11.5. The van der Waals surface area contributed by atoms with Crippen LogP contribution in [0.4, 0.5) is 4.39 Å². The van der Waals surface area contributed by atoms with E-state index in [1.807, 2.05) is 0 Å². The van der Waals surface area contributed by atoms with Gasteiger partial charge in [0.1, 0.15) is 12.4 Å². The average Bonchev–Trinajstić information content (AvgIpc) is 2.33. The number of rotatable bonds is 7. The Morgan fingerprint density at radius 1 is 1.41 bits per heavy atom. The number of hydrogen-bond donors (Lipinski definition) is 1. The minimum absolute atomic E-state index is 0.249. The number of carbonyl (C=O) groups excluding carboxylic acids is 1. The van der Waals surface area contributed by atoms with Crippen LogP contribution in [0.3, 0.4) is 0 Å². The molecule has 0 saturated carbocycles. The van der Waals surface area contributed by atoms with E-state index in [0.29, 0.717) is 13.2 Å². The monoisotopic (exact) mass is 239 g/mol. The van der Waals surface area contributed by atoms with Crippen LogP contribution < -0.4 is 5.32 Å². The molecule has 0 aromatic heterocycles. The number of benzene rings is 1. The standard InChI is InChI=1S/C13H18FNO2/c1-2-3-7-15-8-9-17-13(16)11-5-4-6-12(14)10-11/h4-6,10,15H,2-3,7-9H2,1H3. The number of carbonyl (C=O) groups is 1. The van der Waals surface area contributed by atoms with Gasteiger partial charge in [-0.05, 0) is 31.2 Å². The van der Waals surface area contributed by atoms with Gasteiger partial charge in [-0.2, -0.15) is 0 Å². The molecule has 0 aliphatic carbocycles. The molecule has 0 bridgehead atoms. The van der Waals surface area contributed by atoms with E-state index in [4.69, 9.17) is 4.74 Å². The van der Waals surface area contributed by atoms with Gasteiger partial charge in [-0.3, -0.25) is 0 Å². The zero-order valence-corrected chi connectivity index (χ0v) is 10.0. The van der Waals surface area contributed by atoms with Crippen LogP contribution in [0, 0.1) is 5.82 Å². The number of nitrogens with one attached hydrogen (secondary N) is 1. The summed E-state index contributed by atoms with van der Waals surface area (Å²) in [5.41, 5.74) is 0.249. The molecule has 1 aromatic carbocycles. The van der Waals surface area contributed by atoms with Crippen LogP contribution in [0.2, 0.25) is 0 Å². The van der Waals surface area contributed by atoms with Gasteiger partial charge < -0.3 is 10.1 Å². The third kappa shape index (κ3) is 5.45.